The van der Waals surface area contributed by atoms with Crippen LogP contribution in [0.25, 0.3) is 0 Å². The van der Waals surface area contributed by atoms with Gasteiger partial charge in [-0.25, -0.2) is 0 Å². The fourth-order valence-corrected chi connectivity index (χ4v) is 3.74. The number of carbonyl (C=O) groups excluding carboxylic acids is 1. The molecule has 0 radical (unpaired) electrons. The Hall–Kier alpha value is -0.570. The molecular weight excluding hydrogens is 236 g/mol. The molecule has 3 unspecified atom stereocenters. The molecule has 2 fully saturated rings. The highest BCUT2D eigenvalue weighted by atomic mass is 16.2. The Morgan fingerprint density at radius 3 is 2.47 bits per heavy atom. The minimum Gasteiger partial charge on any atom is -0.345 e. The zero-order valence-electron chi connectivity index (χ0n) is 12.6. The monoisotopic (exact) mass is 266 g/mol. The van der Waals surface area contributed by atoms with E-state index in [1.54, 1.807) is 0 Å². The summed E-state index contributed by atoms with van der Waals surface area (Å²) < 4.78 is 0. The molecule has 110 valence electrons. The summed E-state index contributed by atoms with van der Waals surface area (Å²) in [6.45, 7) is 3.16. The molecule has 0 aromatic carbocycles. The van der Waals surface area contributed by atoms with Crippen molar-refractivity contribution in [1.29, 1.82) is 0 Å². The van der Waals surface area contributed by atoms with Crippen LogP contribution in [-0.2, 0) is 4.79 Å². The minimum atomic E-state index is 0.180. The number of nitrogens with two attached hydrogens (primary N) is 1. The zero-order chi connectivity index (χ0) is 13.8. The van der Waals surface area contributed by atoms with Gasteiger partial charge in [0.2, 0.25) is 5.91 Å². The predicted molar refractivity (Wildman–Crippen MR) is 78.7 cm³/mol. The molecule has 2 aliphatic rings. The number of hydrogen-bond donors (Lipinski definition) is 1. The van der Waals surface area contributed by atoms with E-state index in [-0.39, 0.29) is 12.0 Å². The molecule has 19 heavy (non-hydrogen) atoms. The van der Waals surface area contributed by atoms with Gasteiger partial charge in [0, 0.05) is 25.6 Å². The lowest BCUT2D eigenvalue weighted by Gasteiger charge is -2.34. The number of hydrogen-bond acceptors (Lipinski definition) is 2. The largest absolute Gasteiger partial charge is 0.345 e. The molecule has 3 heteroatoms. The van der Waals surface area contributed by atoms with Gasteiger partial charge in [-0.2, -0.15) is 0 Å². The Labute approximate surface area is 117 Å². The van der Waals surface area contributed by atoms with Gasteiger partial charge in [0.05, 0.1) is 0 Å². The summed E-state index contributed by atoms with van der Waals surface area (Å²) in [6, 6.07) is 0.214. The van der Waals surface area contributed by atoms with Crippen LogP contribution in [-0.4, -0.2) is 30.4 Å². The lowest BCUT2D eigenvalue weighted by molar-refractivity contribution is -0.136. The van der Waals surface area contributed by atoms with Crippen molar-refractivity contribution in [3.05, 3.63) is 0 Å². The summed E-state index contributed by atoms with van der Waals surface area (Å²) in [5.41, 5.74) is 6.12. The van der Waals surface area contributed by atoms with Crippen LogP contribution in [0.5, 0.6) is 0 Å². The molecule has 0 spiro atoms. The van der Waals surface area contributed by atoms with Crippen molar-refractivity contribution in [1.82, 2.24) is 4.90 Å². The van der Waals surface area contributed by atoms with Crippen molar-refractivity contribution in [2.75, 3.05) is 13.6 Å². The molecule has 0 aliphatic heterocycles. The average molecular weight is 266 g/mol. The van der Waals surface area contributed by atoms with Crippen molar-refractivity contribution in [2.24, 2.45) is 23.5 Å². The van der Waals surface area contributed by atoms with Gasteiger partial charge in [0.25, 0.3) is 0 Å². The van der Waals surface area contributed by atoms with Crippen LogP contribution < -0.4 is 5.73 Å². The van der Waals surface area contributed by atoms with Crippen LogP contribution >= 0.6 is 0 Å². The molecule has 2 N–H and O–H groups in total. The van der Waals surface area contributed by atoms with Crippen LogP contribution in [0.4, 0.5) is 0 Å². The van der Waals surface area contributed by atoms with Crippen LogP contribution in [0.2, 0.25) is 0 Å². The van der Waals surface area contributed by atoms with Gasteiger partial charge in [-0.1, -0.05) is 26.2 Å². The third-order valence-corrected chi connectivity index (χ3v) is 5.24. The van der Waals surface area contributed by atoms with E-state index >= 15 is 0 Å². The van der Waals surface area contributed by atoms with Crippen LogP contribution in [0.3, 0.4) is 0 Å². The van der Waals surface area contributed by atoms with Gasteiger partial charge in [-0.05, 0) is 43.9 Å². The van der Waals surface area contributed by atoms with Crippen molar-refractivity contribution in [3.8, 4) is 0 Å². The topological polar surface area (TPSA) is 46.3 Å². The van der Waals surface area contributed by atoms with Gasteiger partial charge < -0.3 is 10.6 Å². The van der Waals surface area contributed by atoms with Gasteiger partial charge in [-0.3, -0.25) is 4.79 Å². The molecule has 2 aliphatic carbocycles. The standard InChI is InChI=1S/C16H30N2O/c1-12-8-9-14(10-15(12)17)16(19)18(2)11-13-6-4-3-5-7-13/h12-15H,3-11,17H2,1-2H3. The third-order valence-electron chi connectivity index (χ3n) is 5.24. The van der Waals surface area contributed by atoms with E-state index in [1.165, 1.54) is 32.1 Å². The number of nitrogens with zero attached hydrogens (tertiary/aromatic N) is 1. The Bertz CT molecular complexity index is 299. The second-order valence-corrected chi connectivity index (χ2v) is 6.87. The van der Waals surface area contributed by atoms with Gasteiger partial charge in [-0.15, -0.1) is 0 Å². The van der Waals surface area contributed by atoms with E-state index in [0.717, 1.165) is 31.7 Å². The van der Waals surface area contributed by atoms with Crippen LogP contribution in [0.15, 0.2) is 0 Å². The highest BCUT2D eigenvalue weighted by Crippen LogP contribution is 2.30. The molecule has 0 bridgehead atoms. The van der Waals surface area contributed by atoms with E-state index in [4.69, 9.17) is 5.73 Å². The van der Waals surface area contributed by atoms with Crippen LogP contribution in [0, 0.1) is 17.8 Å². The molecule has 3 nitrogen and oxygen atoms in total. The highest BCUT2D eigenvalue weighted by molar-refractivity contribution is 5.78. The van der Waals surface area contributed by atoms with Gasteiger partial charge in [0.1, 0.15) is 0 Å². The normalized spacial score (nSPS) is 33.1. The molecule has 0 saturated heterocycles. The lowest BCUT2D eigenvalue weighted by atomic mass is 9.79. The zero-order valence-corrected chi connectivity index (χ0v) is 12.6. The van der Waals surface area contributed by atoms with Crippen LogP contribution in [0.1, 0.15) is 58.3 Å². The molecule has 2 rings (SSSR count). The number of carbonyl (C=O) groups is 1. The Morgan fingerprint density at radius 2 is 1.84 bits per heavy atom. The second kappa shape index (κ2) is 6.74. The maximum absolute atomic E-state index is 12.5. The summed E-state index contributed by atoms with van der Waals surface area (Å²) in [4.78, 5) is 14.5. The molecule has 1 amide bonds. The van der Waals surface area contributed by atoms with Gasteiger partial charge in [0.15, 0.2) is 0 Å². The van der Waals surface area contributed by atoms with Crippen molar-refractivity contribution >= 4 is 5.91 Å². The fraction of sp³-hybridized carbons (Fsp3) is 0.938. The lowest BCUT2D eigenvalue weighted by Crippen LogP contribution is -2.43. The van der Waals surface area contributed by atoms with E-state index in [9.17, 15) is 4.79 Å². The first-order valence-corrected chi connectivity index (χ1v) is 8.08. The predicted octanol–water partition coefficient (Wildman–Crippen LogP) is 2.79. The summed E-state index contributed by atoms with van der Waals surface area (Å²) >= 11 is 0. The second-order valence-electron chi connectivity index (χ2n) is 6.87. The Morgan fingerprint density at radius 1 is 1.16 bits per heavy atom. The molecule has 0 aromatic rings. The summed E-state index contributed by atoms with van der Waals surface area (Å²) in [7, 11) is 1.99. The van der Waals surface area contributed by atoms with Crippen molar-refractivity contribution in [3.63, 3.8) is 0 Å². The first kappa shape index (κ1) is 14.8. The minimum absolute atomic E-state index is 0.180. The fourth-order valence-electron chi connectivity index (χ4n) is 3.74. The van der Waals surface area contributed by atoms with Crippen molar-refractivity contribution in [2.45, 2.75) is 64.3 Å². The summed E-state index contributed by atoms with van der Waals surface area (Å²) in [6.07, 6.45) is 9.70. The average Bonchev–Trinajstić information content (AvgIpc) is 2.42. The number of rotatable bonds is 3. The van der Waals surface area contributed by atoms with Gasteiger partial charge >= 0.3 is 0 Å². The SMILES string of the molecule is CC1CCC(C(=O)N(C)CC2CCCCC2)CC1N. The highest BCUT2D eigenvalue weighted by Gasteiger charge is 2.31. The summed E-state index contributed by atoms with van der Waals surface area (Å²) in [5, 5.41) is 0. The Kier molecular flexibility index (Phi) is 5.26. The first-order valence-electron chi connectivity index (χ1n) is 8.08. The smallest absolute Gasteiger partial charge is 0.225 e. The number of amides is 1. The first-order chi connectivity index (χ1) is 9.08. The van der Waals surface area contributed by atoms with E-state index in [2.05, 4.69) is 6.92 Å². The molecular formula is C16H30N2O. The quantitative estimate of drug-likeness (QED) is 0.854. The molecule has 2 saturated carbocycles. The molecule has 3 atom stereocenters. The van der Waals surface area contributed by atoms with E-state index < -0.39 is 0 Å². The maximum Gasteiger partial charge on any atom is 0.225 e. The molecule has 0 heterocycles. The molecule has 0 aromatic heterocycles. The van der Waals surface area contributed by atoms with Crippen molar-refractivity contribution < 1.29 is 4.79 Å². The van der Waals surface area contributed by atoms with E-state index in [1.807, 2.05) is 11.9 Å². The van der Waals surface area contributed by atoms with E-state index in [0.29, 0.717) is 11.8 Å². The third kappa shape index (κ3) is 3.95. The maximum atomic E-state index is 12.5. The Balaban J connectivity index is 1.81. The summed E-state index contributed by atoms with van der Waals surface area (Å²) in [5.74, 6) is 1.83.